The van der Waals surface area contributed by atoms with Gasteiger partial charge < -0.3 is 10.4 Å². The number of nitrogens with zero attached hydrogens (tertiary/aromatic N) is 1. The molecule has 150 valence electrons. The van der Waals surface area contributed by atoms with Gasteiger partial charge in [-0.3, -0.25) is 10.2 Å². The molecule has 1 aromatic heterocycles. The van der Waals surface area contributed by atoms with Gasteiger partial charge in [-0.05, 0) is 66.8 Å². The molecule has 3 N–H and O–H groups in total. The minimum atomic E-state index is -1.02. The van der Waals surface area contributed by atoms with Gasteiger partial charge in [0.25, 0.3) is 0 Å². The number of aromatic nitrogens is 1. The maximum Gasteiger partial charge on any atom is 0.335 e. The summed E-state index contributed by atoms with van der Waals surface area (Å²) in [4.78, 5) is 28.5. The predicted octanol–water partition coefficient (Wildman–Crippen LogP) is 5.30. The van der Waals surface area contributed by atoms with Crippen molar-refractivity contribution in [3.63, 3.8) is 0 Å². The van der Waals surface area contributed by atoms with Crippen molar-refractivity contribution in [1.29, 1.82) is 5.41 Å². The number of Topliss-reactive ketones (excluding diaryl/α,β-unsaturated/α-hetero) is 1. The fourth-order valence-electron chi connectivity index (χ4n) is 3.30. The van der Waals surface area contributed by atoms with Gasteiger partial charge in [-0.1, -0.05) is 23.7 Å². The lowest BCUT2D eigenvalue weighted by atomic mass is 9.94. The Bertz CT molecular complexity index is 1150. The summed E-state index contributed by atoms with van der Waals surface area (Å²) in [7, 11) is 0. The molecule has 0 aliphatic heterocycles. The molecule has 1 heterocycles. The highest BCUT2D eigenvalue weighted by Gasteiger charge is 2.31. The van der Waals surface area contributed by atoms with E-state index in [1.807, 2.05) is 12.1 Å². The Morgan fingerprint density at radius 1 is 1.07 bits per heavy atom. The third kappa shape index (κ3) is 3.95. The van der Waals surface area contributed by atoms with Crippen LogP contribution >= 0.6 is 11.6 Å². The van der Waals surface area contributed by atoms with Gasteiger partial charge in [-0.15, -0.1) is 0 Å². The molecule has 7 heteroatoms. The Morgan fingerprint density at radius 2 is 1.80 bits per heavy atom. The molecular weight excluding hydrogens is 402 g/mol. The van der Waals surface area contributed by atoms with Crippen molar-refractivity contribution in [3.8, 4) is 0 Å². The van der Waals surface area contributed by atoms with E-state index < -0.39 is 11.8 Å². The monoisotopic (exact) mass is 419 g/mol. The van der Waals surface area contributed by atoms with Gasteiger partial charge in [0.05, 0.1) is 10.6 Å². The molecule has 30 heavy (non-hydrogen) atoms. The third-order valence-electron chi connectivity index (χ3n) is 4.99. The summed E-state index contributed by atoms with van der Waals surface area (Å²) in [5.41, 5.74) is 2.16. The Morgan fingerprint density at radius 3 is 2.47 bits per heavy atom. The molecule has 1 fully saturated rings. The van der Waals surface area contributed by atoms with Crippen molar-refractivity contribution in [2.45, 2.75) is 18.8 Å². The van der Waals surface area contributed by atoms with Crippen LogP contribution < -0.4 is 5.32 Å². The number of anilines is 2. The van der Waals surface area contributed by atoms with Gasteiger partial charge in [0.2, 0.25) is 5.78 Å². The zero-order chi connectivity index (χ0) is 21.3. The predicted molar refractivity (Wildman–Crippen MR) is 116 cm³/mol. The normalized spacial score (nSPS) is 13.0. The van der Waals surface area contributed by atoms with Crippen LogP contribution in [-0.2, 0) is 0 Å². The lowest BCUT2D eigenvalue weighted by molar-refractivity contribution is 0.0696. The van der Waals surface area contributed by atoms with E-state index >= 15 is 0 Å². The zero-order valence-electron chi connectivity index (χ0n) is 15.9. The number of rotatable bonds is 7. The lowest BCUT2D eigenvalue weighted by Gasteiger charge is -2.14. The van der Waals surface area contributed by atoms with E-state index in [1.54, 1.807) is 36.5 Å². The van der Waals surface area contributed by atoms with E-state index in [0.29, 0.717) is 33.6 Å². The van der Waals surface area contributed by atoms with Crippen LogP contribution in [0.1, 0.15) is 50.6 Å². The number of carbonyl (C=O) groups is 2. The molecule has 1 aliphatic rings. The molecule has 2 aromatic carbocycles. The van der Waals surface area contributed by atoms with Crippen molar-refractivity contribution in [3.05, 3.63) is 88.1 Å². The number of pyridine rings is 1. The first-order chi connectivity index (χ1) is 14.5. The smallest absolute Gasteiger partial charge is 0.335 e. The molecule has 1 aliphatic carbocycles. The number of aromatic carboxylic acids is 1. The van der Waals surface area contributed by atoms with E-state index in [4.69, 9.17) is 22.1 Å². The molecule has 0 saturated heterocycles. The second kappa shape index (κ2) is 8.08. The van der Waals surface area contributed by atoms with Crippen molar-refractivity contribution in [2.75, 3.05) is 5.32 Å². The summed E-state index contributed by atoms with van der Waals surface area (Å²) in [6, 6.07) is 14.8. The van der Waals surface area contributed by atoms with E-state index in [1.165, 1.54) is 12.1 Å². The number of hydrogen-bond donors (Lipinski definition) is 3. The minimum absolute atomic E-state index is 0.163. The maximum atomic E-state index is 13.2. The molecule has 0 unspecified atom stereocenters. The topological polar surface area (TPSA) is 103 Å². The fourth-order valence-corrected chi connectivity index (χ4v) is 3.57. The first kappa shape index (κ1) is 19.8. The molecule has 0 spiro atoms. The van der Waals surface area contributed by atoms with Crippen LogP contribution in [0.25, 0.3) is 0 Å². The first-order valence-corrected chi connectivity index (χ1v) is 9.81. The summed E-state index contributed by atoms with van der Waals surface area (Å²) in [5, 5.41) is 21.0. The highest BCUT2D eigenvalue weighted by atomic mass is 35.5. The fraction of sp³-hybridized carbons (Fsp3) is 0.130. The van der Waals surface area contributed by atoms with E-state index in [0.717, 1.165) is 18.4 Å². The van der Waals surface area contributed by atoms with Crippen LogP contribution in [0.5, 0.6) is 0 Å². The molecule has 0 bridgehead atoms. The van der Waals surface area contributed by atoms with Crippen molar-refractivity contribution >= 4 is 40.6 Å². The summed E-state index contributed by atoms with van der Waals surface area (Å²) in [6.07, 6.45) is 3.58. The van der Waals surface area contributed by atoms with Gasteiger partial charge in [0.15, 0.2) is 0 Å². The summed E-state index contributed by atoms with van der Waals surface area (Å²) in [5.74, 6) is -0.813. The van der Waals surface area contributed by atoms with Gasteiger partial charge in [-0.2, -0.15) is 0 Å². The highest BCUT2D eigenvalue weighted by molar-refractivity contribution is 6.53. The number of nitrogens with one attached hydrogen (secondary N) is 2. The molecular formula is C23H18ClN3O3. The van der Waals surface area contributed by atoms with Gasteiger partial charge in [0.1, 0.15) is 11.5 Å². The van der Waals surface area contributed by atoms with Gasteiger partial charge >= 0.3 is 5.97 Å². The SMILES string of the molecule is N=C(C(=O)c1c(Cl)cccc1C1CC1)c1cccnc1Nc1ccc(C(=O)O)cc1. The highest BCUT2D eigenvalue weighted by Crippen LogP contribution is 2.43. The summed E-state index contributed by atoms with van der Waals surface area (Å²) >= 11 is 6.34. The molecule has 0 amide bonds. The minimum Gasteiger partial charge on any atom is -0.478 e. The standard InChI is InChI=1S/C23H18ClN3O3/c24-18-5-1-3-16(13-6-7-13)19(18)21(28)20(25)17-4-2-12-26-22(17)27-15-10-8-14(9-11-15)23(29)30/h1-5,8-13,25H,6-7H2,(H,26,27)(H,29,30). The molecule has 1 saturated carbocycles. The van der Waals surface area contributed by atoms with Crippen LogP contribution in [0.4, 0.5) is 11.5 Å². The van der Waals surface area contributed by atoms with E-state index in [9.17, 15) is 9.59 Å². The van der Waals surface area contributed by atoms with Crippen LogP contribution in [-0.4, -0.2) is 27.6 Å². The first-order valence-electron chi connectivity index (χ1n) is 9.43. The average Bonchev–Trinajstić information content (AvgIpc) is 3.59. The largest absolute Gasteiger partial charge is 0.478 e. The molecule has 6 nitrogen and oxygen atoms in total. The van der Waals surface area contributed by atoms with Crippen LogP contribution in [0.15, 0.2) is 60.8 Å². The molecule has 0 radical (unpaired) electrons. The number of carboxylic acids is 1. The van der Waals surface area contributed by atoms with Crippen molar-refractivity contribution in [1.82, 2.24) is 4.98 Å². The van der Waals surface area contributed by atoms with E-state index in [2.05, 4.69) is 10.3 Å². The molecule has 4 rings (SSSR count). The van der Waals surface area contributed by atoms with Crippen LogP contribution in [0.2, 0.25) is 5.02 Å². The Labute approximate surface area is 178 Å². The van der Waals surface area contributed by atoms with Crippen molar-refractivity contribution in [2.24, 2.45) is 0 Å². The number of halogens is 1. The van der Waals surface area contributed by atoms with Crippen LogP contribution in [0.3, 0.4) is 0 Å². The number of carboxylic acid groups (broad SMARTS) is 1. The van der Waals surface area contributed by atoms with Gasteiger partial charge in [0, 0.05) is 23.0 Å². The second-order valence-corrected chi connectivity index (χ2v) is 7.50. The van der Waals surface area contributed by atoms with Gasteiger partial charge in [-0.25, -0.2) is 9.78 Å². The Hall–Kier alpha value is -3.51. The number of benzene rings is 2. The quantitative estimate of drug-likeness (QED) is 0.356. The third-order valence-corrected chi connectivity index (χ3v) is 5.30. The zero-order valence-corrected chi connectivity index (χ0v) is 16.6. The average molecular weight is 420 g/mol. The number of ketones is 1. The van der Waals surface area contributed by atoms with Crippen LogP contribution in [0, 0.1) is 5.41 Å². The summed E-state index contributed by atoms with van der Waals surface area (Å²) in [6.45, 7) is 0. The Kier molecular flexibility index (Phi) is 5.33. The lowest BCUT2D eigenvalue weighted by Crippen LogP contribution is -2.18. The number of carbonyl (C=O) groups excluding carboxylic acids is 1. The summed E-state index contributed by atoms with van der Waals surface area (Å²) < 4.78 is 0. The van der Waals surface area contributed by atoms with Crippen molar-refractivity contribution < 1.29 is 14.7 Å². The molecule has 3 aromatic rings. The maximum absolute atomic E-state index is 13.2. The molecule has 0 atom stereocenters. The number of hydrogen-bond acceptors (Lipinski definition) is 5. The van der Waals surface area contributed by atoms with E-state index in [-0.39, 0.29) is 11.3 Å². The Balaban J connectivity index is 1.64. The second-order valence-electron chi connectivity index (χ2n) is 7.09.